The molecule has 2 aromatic rings. The van der Waals surface area contributed by atoms with Crippen LogP contribution in [0.15, 0.2) is 36.5 Å². The molecule has 1 aromatic carbocycles. The molecule has 3 heteroatoms. The third-order valence-electron chi connectivity index (χ3n) is 4.44. The average Bonchev–Trinajstić information content (AvgIpc) is 2.49. The first-order valence-electron chi connectivity index (χ1n) is 8.03. The highest BCUT2D eigenvalue weighted by Crippen LogP contribution is 2.19. The van der Waals surface area contributed by atoms with E-state index < -0.39 is 0 Å². The summed E-state index contributed by atoms with van der Waals surface area (Å²) in [6, 6.07) is 11.9. The van der Waals surface area contributed by atoms with Crippen molar-refractivity contribution >= 4 is 10.9 Å². The summed E-state index contributed by atoms with van der Waals surface area (Å²) in [5.74, 6) is 0. The second-order valence-corrected chi connectivity index (χ2v) is 6.31. The summed E-state index contributed by atoms with van der Waals surface area (Å²) in [6.45, 7) is 7.90. The maximum absolute atomic E-state index is 4.58. The van der Waals surface area contributed by atoms with Gasteiger partial charge in [-0.3, -0.25) is 9.88 Å². The highest BCUT2D eigenvalue weighted by molar-refractivity contribution is 5.81. The molecule has 1 fully saturated rings. The quantitative estimate of drug-likeness (QED) is 0.917. The van der Waals surface area contributed by atoms with Crippen LogP contribution in [-0.2, 0) is 6.54 Å². The van der Waals surface area contributed by atoms with Crippen molar-refractivity contribution in [2.24, 2.45) is 0 Å². The highest BCUT2D eigenvalue weighted by atomic mass is 15.1. The molecule has 0 saturated carbocycles. The Labute approximate surface area is 127 Å². The molecule has 1 aliphatic heterocycles. The van der Waals surface area contributed by atoms with Crippen molar-refractivity contribution in [2.45, 2.75) is 45.3 Å². The number of aromatic nitrogens is 1. The van der Waals surface area contributed by atoms with Crippen LogP contribution in [0.4, 0.5) is 0 Å². The van der Waals surface area contributed by atoms with Gasteiger partial charge >= 0.3 is 0 Å². The third kappa shape index (κ3) is 3.60. The van der Waals surface area contributed by atoms with E-state index in [9.17, 15) is 0 Å². The monoisotopic (exact) mass is 283 g/mol. The van der Waals surface area contributed by atoms with Crippen molar-refractivity contribution in [3.63, 3.8) is 0 Å². The van der Waals surface area contributed by atoms with Gasteiger partial charge in [0.15, 0.2) is 0 Å². The lowest BCUT2D eigenvalue weighted by Crippen LogP contribution is -2.42. The van der Waals surface area contributed by atoms with Gasteiger partial charge < -0.3 is 5.32 Å². The van der Waals surface area contributed by atoms with E-state index >= 15 is 0 Å². The fourth-order valence-electron chi connectivity index (χ4n) is 3.21. The summed E-state index contributed by atoms with van der Waals surface area (Å²) in [7, 11) is 0. The number of nitrogens with zero attached hydrogens (tertiary/aromatic N) is 2. The summed E-state index contributed by atoms with van der Waals surface area (Å²) in [5, 5.41) is 4.90. The molecule has 0 radical (unpaired) electrons. The molecule has 2 unspecified atom stereocenters. The van der Waals surface area contributed by atoms with E-state index in [4.69, 9.17) is 0 Å². The third-order valence-corrected chi connectivity index (χ3v) is 4.44. The van der Waals surface area contributed by atoms with Gasteiger partial charge in [0, 0.05) is 30.2 Å². The molecule has 3 nitrogen and oxygen atoms in total. The van der Waals surface area contributed by atoms with Crippen molar-refractivity contribution in [1.82, 2.24) is 15.2 Å². The van der Waals surface area contributed by atoms with E-state index in [1.165, 1.54) is 23.8 Å². The standard InChI is InChI=1S/C18H25N3/c1-14-8-11-21(12-9-15(2)20-14)13-17-6-3-5-16-7-4-10-19-18(16)17/h3-7,10,14-15,20H,8-9,11-13H2,1-2H3. The number of para-hydroxylation sites is 1. The number of pyridine rings is 1. The van der Waals surface area contributed by atoms with Crippen molar-refractivity contribution in [2.75, 3.05) is 13.1 Å². The first-order valence-corrected chi connectivity index (χ1v) is 8.03. The maximum atomic E-state index is 4.58. The molecule has 1 saturated heterocycles. The Balaban J connectivity index is 1.77. The summed E-state index contributed by atoms with van der Waals surface area (Å²) >= 11 is 0. The lowest BCUT2D eigenvalue weighted by atomic mass is 10.1. The molecule has 2 heterocycles. The molecule has 0 amide bonds. The van der Waals surface area contributed by atoms with Gasteiger partial charge in [-0.05, 0) is 51.4 Å². The number of hydrogen-bond acceptors (Lipinski definition) is 3. The molecular formula is C18H25N3. The van der Waals surface area contributed by atoms with Crippen LogP contribution in [0.5, 0.6) is 0 Å². The van der Waals surface area contributed by atoms with Crippen molar-refractivity contribution in [3.8, 4) is 0 Å². The topological polar surface area (TPSA) is 28.2 Å². The van der Waals surface area contributed by atoms with Crippen molar-refractivity contribution < 1.29 is 0 Å². The molecule has 0 aliphatic carbocycles. The molecule has 2 atom stereocenters. The summed E-state index contributed by atoms with van der Waals surface area (Å²) in [4.78, 5) is 7.16. The zero-order chi connectivity index (χ0) is 14.7. The van der Waals surface area contributed by atoms with Gasteiger partial charge in [0.2, 0.25) is 0 Å². The minimum Gasteiger partial charge on any atom is -0.312 e. The van der Waals surface area contributed by atoms with Gasteiger partial charge in [0.1, 0.15) is 0 Å². The van der Waals surface area contributed by atoms with Gasteiger partial charge in [-0.2, -0.15) is 0 Å². The fourth-order valence-corrected chi connectivity index (χ4v) is 3.21. The van der Waals surface area contributed by atoms with E-state index in [1.54, 1.807) is 0 Å². The Hall–Kier alpha value is -1.45. The molecule has 0 bridgehead atoms. The van der Waals surface area contributed by atoms with Crippen molar-refractivity contribution in [1.29, 1.82) is 0 Å². The first kappa shape index (κ1) is 14.5. The zero-order valence-electron chi connectivity index (χ0n) is 13.0. The number of hydrogen-bond donors (Lipinski definition) is 1. The lowest BCUT2D eigenvalue weighted by Gasteiger charge is -2.31. The van der Waals surface area contributed by atoms with Crippen LogP contribution in [0.3, 0.4) is 0 Å². The van der Waals surface area contributed by atoms with Crippen LogP contribution in [0.2, 0.25) is 0 Å². The number of benzene rings is 1. The molecule has 21 heavy (non-hydrogen) atoms. The molecule has 112 valence electrons. The largest absolute Gasteiger partial charge is 0.312 e. The Morgan fingerprint density at radius 2 is 1.81 bits per heavy atom. The number of rotatable bonds is 2. The summed E-state index contributed by atoms with van der Waals surface area (Å²) in [6.07, 6.45) is 4.32. The van der Waals surface area contributed by atoms with Gasteiger partial charge in [0.05, 0.1) is 5.52 Å². The van der Waals surface area contributed by atoms with Gasteiger partial charge in [0.25, 0.3) is 0 Å². The highest BCUT2D eigenvalue weighted by Gasteiger charge is 2.16. The summed E-state index contributed by atoms with van der Waals surface area (Å²) < 4.78 is 0. The predicted molar refractivity (Wildman–Crippen MR) is 88.3 cm³/mol. The van der Waals surface area contributed by atoms with Crippen LogP contribution in [-0.4, -0.2) is 35.1 Å². The lowest BCUT2D eigenvalue weighted by molar-refractivity contribution is 0.212. The number of nitrogens with one attached hydrogen (secondary N) is 1. The average molecular weight is 283 g/mol. The summed E-state index contributed by atoms with van der Waals surface area (Å²) in [5.41, 5.74) is 2.50. The first-order chi connectivity index (χ1) is 10.2. The van der Waals surface area contributed by atoms with Crippen LogP contribution in [0, 0.1) is 0 Å². The molecule has 3 rings (SSSR count). The van der Waals surface area contributed by atoms with E-state index in [1.807, 2.05) is 12.3 Å². The Kier molecular flexibility index (Phi) is 4.51. The van der Waals surface area contributed by atoms with E-state index in [-0.39, 0.29) is 0 Å². The van der Waals surface area contributed by atoms with E-state index in [0.29, 0.717) is 12.1 Å². The van der Waals surface area contributed by atoms with Gasteiger partial charge in [-0.25, -0.2) is 0 Å². The van der Waals surface area contributed by atoms with Crippen LogP contribution >= 0.6 is 0 Å². The van der Waals surface area contributed by atoms with Gasteiger partial charge in [-0.15, -0.1) is 0 Å². The van der Waals surface area contributed by atoms with Crippen molar-refractivity contribution in [3.05, 3.63) is 42.1 Å². The Morgan fingerprint density at radius 3 is 2.57 bits per heavy atom. The fraction of sp³-hybridized carbons (Fsp3) is 0.500. The molecule has 1 aliphatic rings. The Morgan fingerprint density at radius 1 is 1.10 bits per heavy atom. The van der Waals surface area contributed by atoms with Crippen LogP contribution in [0.1, 0.15) is 32.3 Å². The SMILES string of the molecule is CC1CCN(Cc2cccc3cccnc23)CCC(C)N1. The van der Waals surface area contributed by atoms with E-state index in [2.05, 4.69) is 53.3 Å². The van der Waals surface area contributed by atoms with E-state index in [0.717, 1.165) is 25.2 Å². The normalized spacial score (nSPS) is 24.7. The van der Waals surface area contributed by atoms with Gasteiger partial charge in [-0.1, -0.05) is 24.3 Å². The van der Waals surface area contributed by atoms with Crippen LogP contribution in [0.25, 0.3) is 10.9 Å². The van der Waals surface area contributed by atoms with Crippen LogP contribution < -0.4 is 5.32 Å². The molecular weight excluding hydrogens is 258 g/mol. The Bertz CT molecular complexity index is 579. The second kappa shape index (κ2) is 6.54. The smallest absolute Gasteiger partial charge is 0.0746 e. The second-order valence-electron chi connectivity index (χ2n) is 6.31. The molecule has 1 aromatic heterocycles. The minimum atomic E-state index is 0.605. The zero-order valence-corrected chi connectivity index (χ0v) is 13.0. The number of fused-ring (bicyclic) bond motifs is 1. The molecule has 1 N–H and O–H groups in total. The predicted octanol–water partition coefficient (Wildman–Crippen LogP) is 3.20. The molecule has 0 spiro atoms. The minimum absolute atomic E-state index is 0.605. The maximum Gasteiger partial charge on any atom is 0.0746 e.